The minimum atomic E-state index is -0.143. The first-order chi connectivity index (χ1) is 13.6. The van der Waals surface area contributed by atoms with E-state index in [1.165, 1.54) is 11.9 Å². The number of hydrogen-bond acceptors (Lipinski definition) is 6. The molecular formula is C20H18N8. The van der Waals surface area contributed by atoms with E-state index in [2.05, 4.69) is 52.0 Å². The van der Waals surface area contributed by atoms with Crippen molar-refractivity contribution >= 4 is 16.7 Å². The van der Waals surface area contributed by atoms with E-state index in [4.69, 9.17) is 10.8 Å². The van der Waals surface area contributed by atoms with E-state index in [9.17, 15) is 0 Å². The Kier molecular flexibility index (Phi) is 3.58. The van der Waals surface area contributed by atoms with Gasteiger partial charge in [0.25, 0.3) is 0 Å². The van der Waals surface area contributed by atoms with Crippen molar-refractivity contribution in [2.24, 2.45) is 0 Å². The maximum Gasteiger partial charge on any atom is 0.184 e. The van der Waals surface area contributed by atoms with E-state index in [1.807, 2.05) is 21.4 Å². The third-order valence-corrected chi connectivity index (χ3v) is 4.97. The number of pyridine rings is 1. The molecule has 1 aromatic carbocycles. The van der Waals surface area contributed by atoms with Crippen LogP contribution in [0.15, 0.2) is 55.4 Å². The fourth-order valence-electron chi connectivity index (χ4n) is 3.52. The molecular weight excluding hydrogens is 352 g/mol. The summed E-state index contributed by atoms with van der Waals surface area (Å²) >= 11 is 0. The summed E-state index contributed by atoms with van der Waals surface area (Å²) in [6.45, 7) is 4.13. The molecule has 0 amide bonds. The average Bonchev–Trinajstić information content (AvgIpc) is 3.33. The zero-order chi connectivity index (χ0) is 19.3. The van der Waals surface area contributed by atoms with Crippen LogP contribution in [0.2, 0.25) is 0 Å². The zero-order valence-electron chi connectivity index (χ0n) is 15.5. The molecule has 2 aliphatic rings. The van der Waals surface area contributed by atoms with Crippen LogP contribution in [0.25, 0.3) is 28.1 Å². The zero-order valence-corrected chi connectivity index (χ0v) is 15.5. The van der Waals surface area contributed by atoms with Gasteiger partial charge in [-0.3, -0.25) is 4.98 Å². The molecule has 4 heterocycles. The minimum Gasteiger partial charge on any atom is -0.383 e. The molecule has 0 spiro atoms. The average molecular weight is 370 g/mol. The van der Waals surface area contributed by atoms with Crippen molar-refractivity contribution < 1.29 is 0 Å². The van der Waals surface area contributed by atoms with Crippen LogP contribution in [0.4, 0.5) is 5.82 Å². The van der Waals surface area contributed by atoms with E-state index in [0.717, 1.165) is 22.3 Å². The quantitative estimate of drug-likeness (QED) is 0.524. The molecule has 3 aromatic rings. The summed E-state index contributed by atoms with van der Waals surface area (Å²) < 4.78 is 3.80. The van der Waals surface area contributed by atoms with Crippen molar-refractivity contribution in [1.82, 2.24) is 34.3 Å². The van der Waals surface area contributed by atoms with E-state index < -0.39 is 0 Å². The lowest BCUT2D eigenvalue weighted by atomic mass is 10.1. The molecule has 2 aliphatic heterocycles. The monoisotopic (exact) mass is 370 g/mol. The van der Waals surface area contributed by atoms with E-state index in [1.54, 1.807) is 18.7 Å². The number of fused-ring (bicyclic) bond motifs is 2. The molecule has 0 bridgehead atoms. The molecule has 5 rings (SSSR count). The van der Waals surface area contributed by atoms with Crippen molar-refractivity contribution in [2.45, 2.75) is 19.9 Å². The molecule has 28 heavy (non-hydrogen) atoms. The summed E-state index contributed by atoms with van der Waals surface area (Å²) in [5.41, 5.74) is 11.0. The number of nitrogens with zero attached hydrogens (tertiary/aromatic N) is 7. The van der Waals surface area contributed by atoms with Crippen LogP contribution in [-0.4, -0.2) is 34.3 Å². The van der Waals surface area contributed by atoms with E-state index in [-0.39, 0.29) is 6.04 Å². The molecule has 1 unspecified atom stereocenters. The predicted molar refractivity (Wildman–Crippen MR) is 106 cm³/mol. The van der Waals surface area contributed by atoms with Crippen LogP contribution in [0, 0.1) is 6.92 Å². The second kappa shape index (κ2) is 6.12. The van der Waals surface area contributed by atoms with Crippen molar-refractivity contribution in [3.63, 3.8) is 0 Å². The largest absolute Gasteiger partial charge is 0.383 e. The number of hydrogen-bond donors (Lipinski definition) is 1. The van der Waals surface area contributed by atoms with E-state index >= 15 is 0 Å². The van der Waals surface area contributed by atoms with Gasteiger partial charge in [0, 0.05) is 11.6 Å². The second-order valence-corrected chi connectivity index (χ2v) is 6.79. The van der Waals surface area contributed by atoms with Gasteiger partial charge in [-0.15, -0.1) is 0 Å². The first-order valence-corrected chi connectivity index (χ1v) is 8.96. The maximum atomic E-state index is 6.37. The van der Waals surface area contributed by atoms with Gasteiger partial charge in [-0.2, -0.15) is 5.10 Å². The second-order valence-electron chi connectivity index (χ2n) is 6.79. The van der Waals surface area contributed by atoms with Gasteiger partial charge >= 0.3 is 0 Å². The molecule has 8 nitrogen and oxygen atoms in total. The smallest absolute Gasteiger partial charge is 0.184 e. The lowest BCUT2D eigenvalue weighted by molar-refractivity contribution is 0.609. The van der Waals surface area contributed by atoms with Gasteiger partial charge in [0.15, 0.2) is 5.82 Å². The molecule has 8 heteroatoms. The highest BCUT2D eigenvalue weighted by Crippen LogP contribution is 2.32. The Labute approximate surface area is 161 Å². The molecule has 0 saturated heterocycles. The molecule has 0 saturated carbocycles. The van der Waals surface area contributed by atoms with Gasteiger partial charge in [-0.1, -0.05) is 11.6 Å². The van der Waals surface area contributed by atoms with Crippen LogP contribution in [0.5, 0.6) is 0 Å². The van der Waals surface area contributed by atoms with Gasteiger partial charge in [0.2, 0.25) is 0 Å². The van der Waals surface area contributed by atoms with Gasteiger partial charge < -0.3 is 10.3 Å². The SMILES string of the molecule is Cc1ccc2c(c1)c(C(C)n1cnc3ncnc-3c1N)nn2-c1cccnc1. The third-order valence-electron chi connectivity index (χ3n) is 4.97. The van der Waals surface area contributed by atoms with Crippen LogP contribution in [0.3, 0.4) is 0 Å². The van der Waals surface area contributed by atoms with Crippen molar-refractivity contribution in [2.75, 3.05) is 5.73 Å². The lowest BCUT2D eigenvalue weighted by Gasteiger charge is -2.18. The third kappa shape index (κ3) is 2.42. The summed E-state index contributed by atoms with van der Waals surface area (Å²) in [5, 5.41) is 5.99. The van der Waals surface area contributed by atoms with E-state index in [0.29, 0.717) is 17.3 Å². The molecule has 1 atom stereocenters. The Balaban J connectivity index is 1.73. The Bertz CT molecular complexity index is 1250. The lowest BCUT2D eigenvalue weighted by Crippen LogP contribution is -2.15. The first-order valence-electron chi connectivity index (χ1n) is 8.96. The molecule has 138 valence electrons. The number of anilines is 1. The number of aromatic nitrogens is 7. The van der Waals surface area contributed by atoms with Crippen LogP contribution in [0.1, 0.15) is 24.2 Å². The normalized spacial score (nSPS) is 12.6. The van der Waals surface area contributed by atoms with Gasteiger partial charge in [-0.05, 0) is 38.1 Å². The minimum absolute atomic E-state index is 0.143. The molecule has 2 N–H and O–H groups in total. The summed E-state index contributed by atoms with van der Waals surface area (Å²) in [6, 6.07) is 10.1. The van der Waals surface area contributed by atoms with Gasteiger partial charge in [0.05, 0.1) is 35.5 Å². The number of benzene rings is 1. The number of nitrogens with two attached hydrogens (primary N) is 1. The molecule has 0 radical (unpaired) electrons. The fourth-order valence-corrected chi connectivity index (χ4v) is 3.52. The van der Waals surface area contributed by atoms with Gasteiger partial charge in [-0.25, -0.2) is 19.6 Å². The summed E-state index contributed by atoms with van der Waals surface area (Å²) in [5.74, 6) is 1.06. The first kappa shape index (κ1) is 16.4. The van der Waals surface area contributed by atoms with Crippen LogP contribution in [-0.2, 0) is 0 Å². The number of nitrogen functional groups attached to an aromatic ring is 1. The highest BCUT2D eigenvalue weighted by atomic mass is 15.3. The molecule has 2 aromatic heterocycles. The Morgan fingerprint density at radius 1 is 1.11 bits per heavy atom. The number of aryl methyl sites for hydroxylation is 1. The summed E-state index contributed by atoms with van der Waals surface area (Å²) in [6.07, 6.45) is 6.72. The summed E-state index contributed by atoms with van der Waals surface area (Å²) in [4.78, 5) is 17.0. The van der Waals surface area contributed by atoms with Crippen molar-refractivity contribution in [3.05, 3.63) is 66.6 Å². The fraction of sp³-hybridized carbons (Fsp3) is 0.150. The topological polar surface area (TPSA) is 100 Å². The van der Waals surface area contributed by atoms with Gasteiger partial charge in [0.1, 0.15) is 17.8 Å². The highest BCUT2D eigenvalue weighted by molar-refractivity contribution is 5.84. The number of rotatable bonds is 3. The Morgan fingerprint density at radius 2 is 2.00 bits per heavy atom. The maximum absolute atomic E-state index is 6.37. The predicted octanol–water partition coefficient (Wildman–Crippen LogP) is 3.01. The Hall–Kier alpha value is -3.81. The van der Waals surface area contributed by atoms with Crippen molar-refractivity contribution in [1.29, 1.82) is 0 Å². The summed E-state index contributed by atoms with van der Waals surface area (Å²) in [7, 11) is 0. The molecule has 0 fully saturated rings. The number of imidazole rings is 1. The van der Waals surface area contributed by atoms with Crippen LogP contribution < -0.4 is 5.73 Å². The Morgan fingerprint density at radius 3 is 2.82 bits per heavy atom. The van der Waals surface area contributed by atoms with Crippen LogP contribution >= 0.6 is 0 Å². The molecule has 0 aliphatic carbocycles. The van der Waals surface area contributed by atoms with Crippen molar-refractivity contribution in [3.8, 4) is 17.2 Å². The highest BCUT2D eigenvalue weighted by Gasteiger charge is 2.22. The standard InChI is InChI=1S/C20H18N8/c1-12-5-6-16-15(8-12)17(26-28(16)14-4-3-7-22-9-14)13(2)27-11-25-20-18(19(27)21)23-10-24-20/h3-11,13H,21H2,1-2H3.